The summed E-state index contributed by atoms with van der Waals surface area (Å²) in [6.45, 7) is 1.20. The minimum absolute atomic E-state index is 0.727. The van der Waals surface area contributed by atoms with E-state index in [0.717, 1.165) is 11.8 Å². The van der Waals surface area contributed by atoms with E-state index in [1.54, 1.807) is 11.1 Å². The fourth-order valence-electron chi connectivity index (χ4n) is 3.52. The minimum Gasteiger partial charge on any atom is -0.309 e. The van der Waals surface area contributed by atoms with E-state index in [4.69, 9.17) is 0 Å². The average Bonchev–Trinajstić information content (AvgIpc) is 2.68. The highest BCUT2D eigenvalue weighted by molar-refractivity contribution is 5.67. The molecule has 2 unspecified atom stereocenters. The van der Waals surface area contributed by atoms with Gasteiger partial charge in [-0.1, -0.05) is 42.3 Å². The molecule has 2 atom stereocenters. The first-order valence-electron chi connectivity index (χ1n) is 6.71. The summed E-state index contributed by atoms with van der Waals surface area (Å²) in [5, 5.41) is 0. The molecule has 1 fully saturated rings. The molecule has 0 N–H and O–H groups in total. The predicted octanol–water partition coefficient (Wildman–Crippen LogP) is 3.53. The van der Waals surface area contributed by atoms with Crippen LogP contribution in [0.3, 0.4) is 0 Å². The lowest BCUT2D eigenvalue weighted by Crippen LogP contribution is -2.27. The van der Waals surface area contributed by atoms with Crippen LogP contribution in [-0.2, 0) is 0 Å². The summed E-state index contributed by atoms with van der Waals surface area (Å²) in [6, 6.07) is 8.94. The van der Waals surface area contributed by atoms with Crippen LogP contribution in [0.5, 0.6) is 0 Å². The Morgan fingerprint density at radius 2 is 2.00 bits per heavy atom. The predicted molar refractivity (Wildman–Crippen MR) is 73.1 cm³/mol. The number of nitrogens with zero attached hydrogens (tertiary/aromatic N) is 1. The molecule has 2 aliphatic rings. The van der Waals surface area contributed by atoms with Gasteiger partial charge in [0.2, 0.25) is 0 Å². The molecule has 1 saturated carbocycles. The summed E-state index contributed by atoms with van der Waals surface area (Å²) in [5.41, 5.74) is 4.75. The molecule has 1 heteroatoms. The third-order valence-corrected chi connectivity index (χ3v) is 4.20. The second kappa shape index (κ2) is 4.30. The second-order valence-corrected chi connectivity index (χ2v) is 5.72. The maximum Gasteiger partial charge on any atom is 0.00607 e. The molecular weight excluding hydrogens is 206 g/mol. The van der Waals surface area contributed by atoms with Crippen LogP contribution in [0.15, 0.2) is 29.8 Å². The third-order valence-electron chi connectivity index (χ3n) is 4.20. The van der Waals surface area contributed by atoms with Crippen molar-refractivity contribution in [1.82, 2.24) is 4.90 Å². The quantitative estimate of drug-likeness (QED) is 0.747. The van der Waals surface area contributed by atoms with E-state index in [1.807, 2.05) is 0 Å². The highest BCUT2D eigenvalue weighted by atomic mass is 15.1. The van der Waals surface area contributed by atoms with Crippen molar-refractivity contribution in [3.05, 3.63) is 41.0 Å². The standard InChI is InChI=1S/C16H21N/c1-17(2)11-13-7-5-9-15-14-8-4-3-6-12(14)10-16(13)15/h3-4,6,8,10,13,15H,5,7,9,11H2,1-2H3. The number of hydrogen-bond acceptors (Lipinski definition) is 1. The molecule has 0 amide bonds. The highest BCUT2D eigenvalue weighted by Crippen LogP contribution is 2.47. The van der Waals surface area contributed by atoms with Crippen molar-refractivity contribution in [3.8, 4) is 0 Å². The van der Waals surface area contributed by atoms with Crippen molar-refractivity contribution in [2.24, 2.45) is 5.92 Å². The van der Waals surface area contributed by atoms with Crippen LogP contribution in [0, 0.1) is 5.92 Å². The van der Waals surface area contributed by atoms with Crippen molar-refractivity contribution in [1.29, 1.82) is 0 Å². The Morgan fingerprint density at radius 3 is 2.82 bits per heavy atom. The Balaban J connectivity index is 1.91. The number of hydrogen-bond donors (Lipinski definition) is 0. The molecule has 1 aromatic carbocycles. The maximum atomic E-state index is 2.47. The van der Waals surface area contributed by atoms with Gasteiger partial charge in [0.05, 0.1) is 0 Å². The van der Waals surface area contributed by atoms with Gasteiger partial charge in [-0.2, -0.15) is 0 Å². The third kappa shape index (κ3) is 1.93. The zero-order valence-electron chi connectivity index (χ0n) is 10.8. The zero-order chi connectivity index (χ0) is 11.8. The van der Waals surface area contributed by atoms with Gasteiger partial charge >= 0.3 is 0 Å². The van der Waals surface area contributed by atoms with Crippen molar-refractivity contribution < 1.29 is 0 Å². The van der Waals surface area contributed by atoms with E-state index >= 15 is 0 Å². The molecule has 0 saturated heterocycles. The molecule has 2 aliphatic carbocycles. The molecule has 1 nitrogen and oxygen atoms in total. The smallest absolute Gasteiger partial charge is 0.00607 e. The summed E-state index contributed by atoms with van der Waals surface area (Å²) in [5.74, 6) is 1.50. The maximum absolute atomic E-state index is 2.47. The molecule has 1 aromatic rings. The van der Waals surface area contributed by atoms with Crippen LogP contribution in [0.2, 0.25) is 0 Å². The van der Waals surface area contributed by atoms with Crippen LogP contribution in [-0.4, -0.2) is 25.5 Å². The molecule has 3 rings (SSSR count). The number of benzene rings is 1. The first-order chi connectivity index (χ1) is 8.25. The SMILES string of the molecule is CN(C)CC1CCCC2C1=Cc1ccccc12. The molecule has 0 bridgehead atoms. The van der Waals surface area contributed by atoms with Gasteiger partial charge in [-0.15, -0.1) is 0 Å². The van der Waals surface area contributed by atoms with E-state index in [2.05, 4.69) is 49.3 Å². The van der Waals surface area contributed by atoms with Crippen LogP contribution < -0.4 is 0 Å². The Labute approximate surface area is 104 Å². The largest absolute Gasteiger partial charge is 0.309 e. The van der Waals surface area contributed by atoms with Gasteiger partial charge in [0, 0.05) is 12.5 Å². The second-order valence-electron chi connectivity index (χ2n) is 5.72. The van der Waals surface area contributed by atoms with Gasteiger partial charge in [0.1, 0.15) is 0 Å². The zero-order valence-corrected chi connectivity index (χ0v) is 10.8. The summed E-state index contributed by atoms with van der Waals surface area (Å²) in [4.78, 5) is 2.33. The van der Waals surface area contributed by atoms with E-state index in [9.17, 15) is 0 Å². The van der Waals surface area contributed by atoms with Crippen LogP contribution in [0.1, 0.15) is 36.3 Å². The van der Waals surface area contributed by atoms with Crippen LogP contribution in [0.25, 0.3) is 6.08 Å². The van der Waals surface area contributed by atoms with E-state index < -0.39 is 0 Å². The van der Waals surface area contributed by atoms with E-state index in [1.165, 1.54) is 31.4 Å². The molecule has 90 valence electrons. The van der Waals surface area contributed by atoms with Gasteiger partial charge in [-0.3, -0.25) is 0 Å². The Kier molecular flexibility index (Phi) is 2.79. The number of fused-ring (bicyclic) bond motifs is 3. The Bertz CT molecular complexity index is 445. The van der Waals surface area contributed by atoms with Gasteiger partial charge < -0.3 is 4.90 Å². The number of rotatable bonds is 2. The first kappa shape index (κ1) is 11.0. The Morgan fingerprint density at radius 1 is 1.18 bits per heavy atom. The van der Waals surface area contributed by atoms with Gasteiger partial charge in [0.15, 0.2) is 0 Å². The summed E-state index contributed by atoms with van der Waals surface area (Å²) in [6.07, 6.45) is 6.57. The lowest BCUT2D eigenvalue weighted by atomic mass is 9.76. The van der Waals surface area contributed by atoms with Crippen molar-refractivity contribution >= 4 is 6.08 Å². The molecule has 0 heterocycles. The molecule has 0 spiro atoms. The van der Waals surface area contributed by atoms with Gasteiger partial charge in [-0.25, -0.2) is 0 Å². The fraction of sp³-hybridized carbons (Fsp3) is 0.500. The highest BCUT2D eigenvalue weighted by Gasteiger charge is 2.33. The van der Waals surface area contributed by atoms with E-state index in [-0.39, 0.29) is 0 Å². The minimum atomic E-state index is 0.727. The Hall–Kier alpha value is -1.08. The van der Waals surface area contributed by atoms with Gasteiger partial charge in [-0.05, 0) is 44.0 Å². The molecular formula is C16H21N. The lowest BCUT2D eigenvalue weighted by Gasteiger charge is -2.32. The summed E-state index contributed by atoms with van der Waals surface area (Å²) in [7, 11) is 4.37. The lowest BCUT2D eigenvalue weighted by molar-refractivity contribution is 0.307. The van der Waals surface area contributed by atoms with Crippen LogP contribution in [0.4, 0.5) is 0 Å². The summed E-state index contributed by atoms with van der Waals surface area (Å²) < 4.78 is 0. The average molecular weight is 227 g/mol. The molecule has 17 heavy (non-hydrogen) atoms. The normalized spacial score (nSPS) is 26.6. The fourth-order valence-corrected chi connectivity index (χ4v) is 3.52. The monoisotopic (exact) mass is 227 g/mol. The van der Waals surface area contributed by atoms with Gasteiger partial charge in [0.25, 0.3) is 0 Å². The van der Waals surface area contributed by atoms with Crippen molar-refractivity contribution in [2.75, 3.05) is 20.6 Å². The first-order valence-corrected chi connectivity index (χ1v) is 6.71. The van der Waals surface area contributed by atoms with E-state index in [0.29, 0.717) is 0 Å². The molecule has 0 aliphatic heterocycles. The molecule has 0 radical (unpaired) electrons. The summed E-state index contributed by atoms with van der Waals surface area (Å²) >= 11 is 0. The van der Waals surface area contributed by atoms with Crippen molar-refractivity contribution in [2.45, 2.75) is 25.2 Å². The topological polar surface area (TPSA) is 3.24 Å². The molecule has 0 aromatic heterocycles. The van der Waals surface area contributed by atoms with Crippen LogP contribution >= 0.6 is 0 Å². The van der Waals surface area contributed by atoms with Crippen molar-refractivity contribution in [3.63, 3.8) is 0 Å².